The lowest BCUT2D eigenvalue weighted by Crippen LogP contribution is -2.31. The molecule has 1 unspecified atom stereocenters. The van der Waals surface area contributed by atoms with E-state index in [9.17, 15) is 0 Å². The zero-order valence-corrected chi connectivity index (χ0v) is 11.2. The fraction of sp³-hybridized carbons (Fsp3) is 0.692. The number of nitrogens with zero attached hydrogens (tertiary/aromatic N) is 2. The molecular weight excluding hydrogens is 228 g/mol. The van der Waals surface area contributed by atoms with Gasteiger partial charge in [0.05, 0.1) is 12.2 Å². The van der Waals surface area contributed by atoms with Gasteiger partial charge in [0.15, 0.2) is 0 Å². The maximum atomic E-state index is 5.48. The minimum atomic E-state index is 0.440. The normalized spacial score (nSPS) is 20.2. The van der Waals surface area contributed by atoms with Crippen molar-refractivity contribution in [1.29, 1.82) is 0 Å². The van der Waals surface area contributed by atoms with Crippen LogP contribution in [0.3, 0.4) is 0 Å². The summed E-state index contributed by atoms with van der Waals surface area (Å²) < 4.78 is 5.48. The van der Waals surface area contributed by atoms with Crippen molar-refractivity contribution in [2.75, 3.05) is 25.0 Å². The summed E-state index contributed by atoms with van der Waals surface area (Å²) in [4.78, 5) is 8.47. The van der Waals surface area contributed by atoms with Gasteiger partial charge in [0.2, 0.25) is 5.88 Å². The average molecular weight is 250 g/mol. The SMILES string of the molecule is CCOc1ncnc(NC2CCCCNC2)c1C. The third kappa shape index (κ3) is 3.32. The van der Waals surface area contributed by atoms with Crippen molar-refractivity contribution in [2.24, 2.45) is 0 Å². The van der Waals surface area contributed by atoms with Gasteiger partial charge in [-0.05, 0) is 33.2 Å². The van der Waals surface area contributed by atoms with Crippen LogP contribution in [0, 0.1) is 6.92 Å². The highest BCUT2D eigenvalue weighted by atomic mass is 16.5. The largest absolute Gasteiger partial charge is 0.478 e. The Kier molecular flexibility index (Phi) is 4.75. The van der Waals surface area contributed by atoms with Gasteiger partial charge in [-0.25, -0.2) is 9.97 Å². The quantitative estimate of drug-likeness (QED) is 0.852. The molecule has 1 atom stereocenters. The van der Waals surface area contributed by atoms with Crippen molar-refractivity contribution in [3.8, 4) is 5.88 Å². The van der Waals surface area contributed by atoms with E-state index in [0.717, 1.165) is 24.5 Å². The Morgan fingerprint density at radius 2 is 2.33 bits per heavy atom. The Morgan fingerprint density at radius 3 is 3.17 bits per heavy atom. The Labute approximate surface area is 108 Å². The minimum Gasteiger partial charge on any atom is -0.478 e. The zero-order chi connectivity index (χ0) is 12.8. The summed E-state index contributed by atoms with van der Waals surface area (Å²) in [5.41, 5.74) is 0.989. The van der Waals surface area contributed by atoms with Gasteiger partial charge in [-0.15, -0.1) is 0 Å². The second-order valence-corrected chi connectivity index (χ2v) is 4.63. The molecule has 0 saturated carbocycles. The number of anilines is 1. The van der Waals surface area contributed by atoms with Crippen molar-refractivity contribution in [2.45, 2.75) is 39.2 Å². The summed E-state index contributed by atoms with van der Waals surface area (Å²) in [5.74, 6) is 1.57. The van der Waals surface area contributed by atoms with E-state index >= 15 is 0 Å². The molecule has 1 fully saturated rings. The number of hydrogen-bond acceptors (Lipinski definition) is 5. The zero-order valence-electron chi connectivity index (χ0n) is 11.2. The number of ether oxygens (including phenoxy) is 1. The molecule has 100 valence electrons. The first-order chi connectivity index (χ1) is 8.81. The lowest BCUT2D eigenvalue weighted by atomic mass is 10.1. The second kappa shape index (κ2) is 6.54. The lowest BCUT2D eigenvalue weighted by Gasteiger charge is -2.19. The van der Waals surface area contributed by atoms with E-state index in [4.69, 9.17) is 4.74 Å². The molecule has 0 bridgehead atoms. The van der Waals surface area contributed by atoms with E-state index in [-0.39, 0.29) is 0 Å². The minimum absolute atomic E-state index is 0.440. The standard InChI is InChI=1S/C13H22N4O/c1-3-18-13-10(2)12(15-9-16-13)17-11-6-4-5-7-14-8-11/h9,11,14H,3-8H2,1-2H3,(H,15,16,17). The third-order valence-electron chi connectivity index (χ3n) is 3.21. The average Bonchev–Trinajstić information content (AvgIpc) is 2.63. The summed E-state index contributed by atoms with van der Waals surface area (Å²) in [5, 5.41) is 6.93. The second-order valence-electron chi connectivity index (χ2n) is 4.63. The van der Waals surface area contributed by atoms with Crippen molar-refractivity contribution < 1.29 is 4.74 Å². The van der Waals surface area contributed by atoms with Crippen molar-refractivity contribution >= 4 is 5.82 Å². The fourth-order valence-corrected chi connectivity index (χ4v) is 2.20. The molecule has 1 aromatic rings. The molecule has 0 radical (unpaired) electrons. The van der Waals surface area contributed by atoms with Crippen LogP contribution < -0.4 is 15.4 Å². The van der Waals surface area contributed by atoms with Crippen LogP contribution in [0.25, 0.3) is 0 Å². The Morgan fingerprint density at radius 1 is 1.44 bits per heavy atom. The van der Waals surface area contributed by atoms with E-state index in [2.05, 4.69) is 20.6 Å². The van der Waals surface area contributed by atoms with Crippen LogP contribution in [-0.2, 0) is 0 Å². The first-order valence-electron chi connectivity index (χ1n) is 6.73. The highest BCUT2D eigenvalue weighted by Crippen LogP contribution is 2.21. The summed E-state index contributed by atoms with van der Waals surface area (Å²) >= 11 is 0. The van der Waals surface area contributed by atoms with Crippen LogP contribution in [0.4, 0.5) is 5.82 Å². The molecular formula is C13H22N4O. The van der Waals surface area contributed by atoms with Gasteiger partial charge in [-0.1, -0.05) is 6.42 Å². The van der Waals surface area contributed by atoms with Crippen LogP contribution in [0.15, 0.2) is 6.33 Å². The van der Waals surface area contributed by atoms with E-state index in [1.165, 1.54) is 19.3 Å². The van der Waals surface area contributed by atoms with Crippen LogP contribution in [-0.4, -0.2) is 35.7 Å². The molecule has 0 aliphatic carbocycles. The smallest absolute Gasteiger partial charge is 0.221 e. The van der Waals surface area contributed by atoms with E-state index in [1.54, 1.807) is 6.33 Å². The monoisotopic (exact) mass is 250 g/mol. The van der Waals surface area contributed by atoms with Gasteiger partial charge in [-0.2, -0.15) is 0 Å². The van der Waals surface area contributed by atoms with E-state index in [1.807, 2.05) is 13.8 Å². The Hall–Kier alpha value is -1.36. The molecule has 1 aliphatic rings. The summed E-state index contributed by atoms with van der Waals surface area (Å²) in [7, 11) is 0. The molecule has 1 saturated heterocycles. The molecule has 18 heavy (non-hydrogen) atoms. The van der Waals surface area contributed by atoms with Gasteiger partial charge >= 0.3 is 0 Å². The number of nitrogens with one attached hydrogen (secondary N) is 2. The molecule has 5 heteroatoms. The third-order valence-corrected chi connectivity index (χ3v) is 3.21. The highest BCUT2D eigenvalue weighted by Gasteiger charge is 2.15. The number of aromatic nitrogens is 2. The first-order valence-corrected chi connectivity index (χ1v) is 6.73. The number of hydrogen-bond donors (Lipinski definition) is 2. The predicted molar refractivity (Wildman–Crippen MR) is 72.1 cm³/mol. The van der Waals surface area contributed by atoms with Crippen molar-refractivity contribution in [1.82, 2.24) is 15.3 Å². The van der Waals surface area contributed by atoms with Gasteiger partial charge < -0.3 is 15.4 Å². The molecule has 1 aliphatic heterocycles. The van der Waals surface area contributed by atoms with Crippen LogP contribution in [0.5, 0.6) is 5.88 Å². The molecule has 2 heterocycles. The van der Waals surface area contributed by atoms with Crippen LogP contribution in [0.1, 0.15) is 31.7 Å². The molecule has 0 amide bonds. The summed E-state index contributed by atoms with van der Waals surface area (Å²) in [6.07, 6.45) is 5.25. The molecule has 1 aromatic heterocycles. The van der Waals surface area contributed by atoms with Crippen LogP contribution >= 0.6 is 0 Å². The predicted octanol–water partition coefficient (Wildman–Crippen LogP) is 1.74. The van der Waals surface area contributed by atoms with E-state index < -0.39 is 0 Å². The molecule has 2 N–H and O–H groups in total. The van der Waals surface area contributed by atoms with Crippen molar-refractivity contribution in [3.05, 3.63) is 11.9 Å². The summed E-state index contributed by atoms with van der Waals surface area (Å²) in [6.45, 7) is 6.70. The molecule has 2 rings (SSSR count). The lowest BCUT2D eigenvalue weighted by molar-refractivity contribution is 0.323. The Balaban J connectivity index is 2.05. The van der Waals surface area contributed by atoms with Crippen molar-refractivity contribution in [3.63, 3.8) is 0 Å². The maximum Gasteiger partial charge on any atom is 0.221 e. The van der Waals surface area contributed by atoms with E-state index in [0.29, 0.717) is 18.5 Å². The maximum absolute atomic E-state index is 5.48. The topological polar surface area (TPSA) is 59.1 Å². The molecule has 5 nitrogen and oxygen atoms in total. The summed E-state index contributed by atoms with van der Waals surface area (Å²) in [6, 6.07) is 0.440. The molecule has 0 aromatic carbocycles. The van der Waals surface area contributed by atoms with Gasteiger partial charge in [0.25, 0.3) is 0 Å². The number of rotatable bonds is 4. The first kappa shape index (κ1) is 13.1. The molecule has 0 spiro atoms. The van der Waals surface area contributed by atoms with Gasteiger partial charge in [0.1, 0.15) is 12.1 Å². The van der Waals surface area contributed by atoms with Gasteiger partial charge in [-0.3, -0.25) is 0 Å². The van der Waals surface area contributed by atoms with Gasteiger partial charge in [0, 0.05) is 12.6 Å². The van der Waals surface area contributed by atoms with Crippen LogP contribution in [0.2, 0.25) is 0 Å². The highest BCUT2D eigenvalue weighted by molar-refractivity contribution is 5.48. The Bertz CT molecular complexity index is 375. The fourth-order valence-electron chi connectivity index (χ4n) is 2.20.